The number of hydrogen-bond donors (Lipinski definition) is 1. The lowest BCUT2D eigenvalue weighted by Crippen LogP contribution is -2.16. The first-order chi connectivity index (χ1) is 14.2. The average molecular weight is 411 g/mol. The maximum atomic E-state index is 14.6. The van der Waals surface area contributed by atoms with Crippen LogP contribution in [0.25, 0.3) is 22.8 Å². The summed E-state index contributed by atoms with van der Waals surface area (Å²) >= 11 is 0. The zero-order valence-corrected chi connectivity index (χ0v) is 16.8. The first-order valence-electron chi connectivity index (χ1n) is 9.42. The molecule has 0 fully saturated rings. The van der Waals surface area contributed by atoms with Crippen LogP contribution in [-0.4, -0.2) is 15.0 Å². The standard InChI is InChI=1S/C23H20F3N3O/c1-5-13(3)16-9-7-8-14(4)19(16)21-27-20(28-22(30)29-21)17-11-10-15(12-18(17)24)23(25,26)6-2/h2,7-13H,5H2,1,3-4H3,(H,27,28,29,30). The molecule has 0 saturated carbocycles. The minimum atomic E-state index is -3.61. The lowest BCUT2D eigenvalue weighted by atomic mass is 9.90. The zero-order chi connectivity index (χ0) is 22.1. The topological polar surface area (TPSA) is 58.6 Å². The number of H-pyrrole nitrogens is 1. The Hall–Kier alpha value is -3.40. The molecule has 154 valence electrons. The maximum Gasteiger partial charge on any atom is 0.348 e. The van der Waals surface area contributed by atoms with Gasteiger partial charge in [0, 0.05) is 11.1 Å². The summed E-state index contributed by atoms with van der Waals surface area (Å²) in [6.07, 6.45) is 5.69. The second-order valence-electron chi connectivity index (χ2n) is 7.09. The summed E-state index contributed by atoms with van der Waals surface area (Å²) in [4.78, 5) is 22.9. The van der Waals surface area contributed by atoms with E-state index in [9.17, 15) is 18.0 Å². The second-order valence-corrected chi connectivity index (χ2v) is 7.09. The number of nitrogens with one attached hydrogen (secondary N) is 1. The van der Waals surface area contributed by atoms with Gasteiger partial charge >= 0.3 is 11.6 Å². The SMILES string of the molecule is C#CC(F)(F)c1ccc(-c2nc(-c3c(C)cccc3C(C)CC)[nH]c(=O)n2)c(F)c1. The first kappa shape index (κ1) is 21.3. The molecule has 1 N–H and O–H groups in total. The molecule has 0 aliphatic rings. The summed E-state index contributed by atoms with van der Waals surface area (Å²) in [5, 5.41) is 0. The van der Waals surface area contributed by atoms with Crippen molar-refractivity contribution in [2.75, 3.05) is 0 Å². The van der Waals surface area contributed by atoms with Crippen LogP contribution < -0.4 is 5.69 Å². The molecule has 0 spiro atoms. The first-order valence-corrected chi connectivity index (χ1v) is 9.42. The van der Waals surface area contributed by atoms with Gasteiger partial charge in [0.2, 0.25) is 0 Å². The Labute approximate surface area is 172 Å². The Bertz CT molecular complexity index is 1200. The van der Waals surface area contributed by atoms with Crippen molar-refractivity contribution in [1.82, 2.24) is 15.0 Å². The second kappa shape index (κ2) is 8.15. The quantitative estimate of drug-likeness (QED) is 0.588. The number of rotatable bonds is 5. The smallest absolute Gasteiger partial charge is 0.290 e. The molecule has 3 rings (SSSR count). The molecule has 0 aliphatic carbocycles. The van der Waals surface area contributed by atoms with Crippen LogP contribution >= 0.6 is 0 Å². The molecule has 1 unspecified atom stereocenters. The number of alkyl halides is 2. The Kier molecular flexibility index (Phi) is 5.79. The molecule has 0 bridgehead atoms. The van der Waals surface area contributed by atoms with E-state index in [1.165, 1.54) is 5.92 Å². The highest BCUT2D eigenvalue weighted by molar-refractivity contribution is 5.67. The van der Waals surface area contributed by atoms with E-state index in [0.29, 0.717) is 6.07 Å². The van der Waals surface area contributed by atoms with Gasteiger partial charge in [0.25, 0.3) is 0 Å². The van der Waals surface area contributed by atoms with Gasteiger partial charge in [-0.25, -0.2) is 14.2 Å². The van der Waals surface area contributed by atoms with Gasteiger partial charge in [0.15, 0.2) is 5.82 Å². The Balaban J connectivity index is 2.18. The van der Waals surface area contributed by atoms with Gasteiger partial charge in [0.05, 0.1) is 5.56 Å². The molecular formula is C23H20F3N3O. The monoisotopic (exact) mass is 411 g/mol. The van der Waals surface area contributed by atoms with E-state index in [1.807, 2.05) is 32.0 Å². The highest BCUT2D eigenvalue weighted by atomic mass is 19.3. The lowest BCUT2D eigenvalue weighted by molar-refractivity contribution is 0.0637. The molecule has 4 nitrogen and oxygen atoms in total. The van der Waals surface area contributed by atoms with Crippen LogP contribution in [-0.2, 0) is 5.92 Å². The Morgan fingerprint density at radius 1 is 1.23 bits per heavy atom. The fourth-order valence-electron chi connectivity index (χ4n) is 3.24. The number of nitrogens with zero attached hydrogens (tertiary/aromatic N) is 2. The van der Waals surface area contributed by atoms with Gasteiger partial charge in [-0.1, -0.05) is 38.1 Å². The van der Waals surface area contributed by atoms with Crippen molar-refractivity contribution >= 4 is 0 Å². The highest BCUT2D eigenvalue weighted by Gasteiger charge is 2.29. The minimum Gasteiger partial charge on any atom is -0.290 e. The van der Waals surface area contributed by atoms with Crippen molar-refractivity contribution in [3.8, 4) is 35.1 Å². The average Bonchev–Trinajstić information content (AvgIpc) is 2.72. The van der Waals surface area contributed by atoms with Gasteiger partial charge in [0.1, 0.15) is 11.6 Å². The van der Waals surface area contributed by atoms with E-state index >= 15 is 0 Å². The molecule has 30 heavy (non-hydrogen) atoms. The van der Waals surface area contributed by atoms with Gasteiger partial charge in [-0.05, 0) is 48.4 Å². The highest BCUT2D eigenvalue weighted by Crippen LogP contribution is 2.33. The normalized spacial score (nSPS) is 12.4. The Morgan fingerprint density at radius 3 is 2.60 bits per heavy atom. The number of halogens is 3. The van der Waals surface area contributed by atoms with E-state index in [4.69, 9.17) is 6.42 Å². The van der Waals surface area contributed by atoms with Crippen LogP contribution in [0.3, 0.4) is 0 Å². The number of terminal acetylenes is 1. The van der Waals surface area contributed by atoms with Crippen molar-refractivity contribution < 1.29 is 13.2 Å². The fourth-order valence-corrected chi connectivity index (χ4v) is 3.24. The largest absolute Gasteiger partial charge is 0.348 e. The molecule has 0 amide bonds. The molecule has 3 aromatic rings. The fraction of sp³-hybridized carbons (Fsp3) is 0.261. The third-order valence-electron chi connectivity index (χ3n) is 5.09. The number of aromatic amines is 1. The third-order valence-corrected chi connectivity index (χ3v) is 5.09. The van der Waals surface area contributed by atoms with Crippen molar-refractivity contribution in [1.29, 1.82) is 0 Å². The molecule has 0 aliphatic heterocycles. The zero-order valence-electron chi connectivity index (χ0n) is 16.8. The van der Waals surface area contributed by atoms with E-state index in [-0.39, 0.29) is 23.1 Å². The minimum absolute atomic E-state index is 0.169. The van der Waals surface area contributed by atoms with E-state index in [1.54, 1.807) is 0 Å². The van der Waals surface area contributed by atoms with Crippen LogP contribution in [0.15, 0.2) is 41.2 Å². The molecule has 1 heterocycles. The molecule has 0 saturated heterocycles. The summed E-state index contributed by atoms with van der Waals surface area (Å²) < 4.78 is 41.9. The summed E-state index contributed by atoms with van der Waals surface area (Å²) in [6.45, 7) is 5.99. The van der Waals surface area contributed by atoms with Gasteiger partial charge < -0.3 is 0 Å². The number of aromatic nitrogens is 3. The van der Waals surface area contributed by atoms with Gasteiger partial charge in [-0.2, -0.15) is 13.8 Å². The van der Waals surface area contributed by atoms with Crippen molar-refractivity contribution in [2.45, 2.75) is 39.0 Å². The summed E-state index contributed by atoms with van der Waals surface area (Å²) in [5.74, 6) is -3.02. The van der Waals surface area contributed by atoms with Gasteiger partial charge in [-0.3, -0.25) is 4.98 Å². The molecule has 2 aromatic carbocycles. The predicted molar refractivity (Wildman–Crippen MR) is 110 cm³/mol. The van der Waals surface area contributed by atoms with Crippen LogP contribution in [0.1, 0.15) is 42.9 Å². The molecule has 0 radical (unpaired) electrons. The van der Waals surface area contributed by atoms with Crippen molar-refractivity contribution in [2.24, 2.45) is 0 Å². The number of hydrogen-bond acceptors (Lipinski definition) is 3. The van der Waals surface area contributed by atoms with E-state index < -0.39 is 23.0 Å². The number of aryl methyl sites for hydroxylation is 1. The maximum absolute atomic E-state index is 14.6. The van der Waals surface area contributed by atoms with Gasteiger partial charge in [-0.15, -0.1) is 6.42 Å². The van der Waals surface area contributed by atoms with Crippen LogP contribution in [0.4, 0.5) is 13.2 Å². The summed E-state index contributed by atoms with van der Waals surface area (Å²) in [7, 11) is 0. The van der Waals surface area contributed by atoms with Crippen LogP contribution in [0.2, 0.25) is 0 Å². The molecule has 1 atom stereocenters. The molecular weight excluding hydrogens is 391 g/mol. The predicted octanol–water partition coefficient (Wildman–Crippen LogP) is 5.18. The lowest BCUT2D eigenvalue weighted by Gasteiger charge is -2.17. The van der Waals surface area contributed by atoms with Crippen molar-refractivity contribution in [3.63, 3.8) is 0 Å². The van der Waals surface area contributed by atoms with Crippen LogP contribution in [0, 0.1) is 25.1 Å². The van der Waals surface area contributed by atoms with E-state index in [0.717, 1.165) is 35.2 Å². The van der Waals surface area contributed by atoms with Crippen molar-refractivity contribution in [3.05, 3.63) is 69.4 Å². The Morgan fingerprint density at radius 2 is 1.97 bits per heavy atom. The summed E-state index contributed by atoms with van der Waals surface area (Å²) in [5.41, 5.74) is 1.07. The van der Waals surface area contributed by atoms with Crippen LogP contribution in [0.5, 0.6) is 0 Å². The number of benzene rings is 2. The molecule has 7 heteroatoms. The molecule has 1 aromatic heterocycles. The van der Waals surface area contributed by atoms with E-state index in [2.05, 4.69) is 21.9 Å². The third kappa shape index (κ3) is 3.99. The summed E-state index contributed by atoms with van der Waals surface area (Å²) in [6, 6.07) is 8.50.